The van der Waals surface area contributed by atoms with Gasteiger partial charge in [0.1, 0.15) is 5.76 Å². The van der Waals surface area contributed by atoms with Crippen molar-refractivity contribution in [3.63, 3.8) is 0 Å². The SMILES string of the molecule is CC1CC(O)=c2[nH]c(=O)ccc2=C1[C@@H](O)CN. The molecule has 0 saturated carbocycles. The van der Waals surface area contributed by atoms with Crippen LogP contribution in [0, 0.1) is 5.92 Å². The normalized spacial score (nSPS) is 21.2. The van der Waals surface area contributed by atoms with E-state index in [9.17, 15) is 15.0 Å². The Hall–Kier alpha value is -1.59. The van der Waals surface area contributed by atoms with Crippen LogP contribution in [0.1, 0.15) is 13.3 Å². The van der Waals surface area contributed by atoms with Crippen molar-refractivity contribution in [1.29, 1.82) is 0 Å². The van der Waals surface area contributed by atoms with E-state index in [4.69, 9.17) is 5.73 Å². The van der Waals surface area contributed by atoms with Gasteiger partial charge in [0.25, 0.3) is 0 Å². The highest BCUT2D eigenvalue weighted by Crippen LogP contribution is 2.22. The number of rotatable bonds is 2. The minimum absolute atomic E-state index is 0.00644. The van der Waals surface area contributed by atoms with Gasteiger partial charge in [0.15, 0.2) is 0 Å². The third-order valence-corrected chi connectivity index (χ3v) is 3.13. The molecule has 1 aromatic heterocycles. The molecule has 17 heavy (non-hydrogen) atoms. The number of H-pyrrole nitrogens is 1. The number of fused-ring (bicyclic) bond motifs is 1. The van der Waals surface area contributed by atoms with E-state index < -0.39 is 6.10 Å². The van der Waals surface area contributed by atoms with Gasteiger partial charge in [-0.25, -0.2) is 0 Å². The zero-order valence-corrected chi connectivity index (χ0v) is 9.60. The van der Waals surface area contributed by atoms with E-state index in [0.717, 1.165) is 5.57 Å². The van der Waals surface area contributed by atoms with Crippen LogP contribution < -0.4 is 21.9 Å². The molecule has 0 saturated heterocycles. The molecule has 0 radical (unpaired) electrons. The molecule has 0 spiro atoms. The predicted octanol–water partition coefficient (Wildman–Crippen LogP) is -1.45. The van der Waals surface area contributed by atoms with Crippen molar-refractivity contribution in [1.82, 2.24) is 4.98 Å². The maximum Gasteiger partial charge on any atom is 0.248 e. The highest BCUT2D eigenvalue weighted by molar-refractivity contribution is 5.58. The van der Waals surface area contributed by atoms with Gasteiger partial charge in [-0.1, -0.05) is 6.92 Å². The fourth-order valence-electron chi connectivity index (χ4n) is 2.35. The Kier molecular flexibility index (Phi) is 3.04. The van der Waals surface area contributed by atoms with Gasteiger partial charge in [-0.3, -0.25) is 4.79 Å². The zero-order chi connectivity index (χ0) is 12.6. The average molecular weight is 236 g/mol. The second-order valence-corrected chi connectivity index (χ2v) is 4.37. The molecular formula is C12H16N2O3. The lowest BCUT2D eigenvalue weighted by molar-refractivity contribution is 0.229. The summed E-state index contributed by atoms with van der Waals surface area (Å²) in [6.45, 7) is 2.04. The molecule has 92 valence electrons. The van der Waals surface area contributed by atoms with Crippen molar-refractivity contribution in [2.45, 2.75) is 19.4 Å². The first-order valence-corrected chi connectivity index (χ1v) is 5.58. The Morgan fingerprint density at radius 3 is 2.94 bits per heavy atom. The first kappa shape index (κ1) is 11.9. The van der Waals surface area contributed by atoms with Crippen LogP contribution in [-0.2, 0) is 0 Å². The van der Waals surface area contributed by atoms with E-state index in [2.05, 4.69) is 4.98 Å². The summed E-state index contributed by atoms with van der Waals surface area (Å²) in [4.78, 5) is 13.8. The molecular weight excluding hydrogens is 220 g/mol. The number of aromatic nitrogens is 1. The summed E-state index contributed by atoms with van der Waals surface area (Å²) in [6.07, 6.45) is -0.345. The Morgan fingerprint density at radius 1 is 1.59 bits per heavy atom. The van der Waals surface area contributed by atoms with Crippen molar-refractivity contribution in [2.75, 3.05) is 6.54 Å². The van der Waals surface area contributed by atoms with E-state index in [0.29, 0.717) is 17.0 Å². The fourth-order valence-corrected chi connectivity index (χ4v) is 2.35. The summed E-state index contributed by atoms with van der Waals surface area (Å²) < 4.78 is 0. The molecule has 0 bridgehead atoms. The molecule has 2 rings (SSSR count). The molecule has 0 aliphatic heterocycles. The largest absolute Gasteiger partial charge is 0.510 e. The van der Waals surface area contributed by atoms with Crippen molar-refractivity contribution >= 4 is 11.3 Å². The topological polar surface area (TPSA) is 99.3 Å². The summed E-state index contributed by atoms with van der Waals surface area (Å²) >= 11 is 0. The third-order valence-electron chi connectivity index (χ3n) is 3.13. The van der Waals surface area contributed by atoms with Gasteiger partial charge < -0.3 is 20.9 Å². The molecule has 1 aromatic rings. The van der Waals surface area contributed by atoms with Crippen LogP contribution >= 0.6 is 0 Å². The number of hydrogen-bond acceptors (Lipinski definition) is 4. The summed E-state index contributed by atoms with van der Waals surface area (Å²) in [5.74, 6) is 0.158. The number of pyridine rings is 1. The van der Waals surface area contributed by atoms with Crippen molar-refractivity contribution < 1.29 is 10.2 Å². The lowest BCUT2D eigenvalue weighted by Crippen LogP contribution is -2.44. The predicted molar refractivity (Wildman–Crippen MR) is 64.6 cm³/mol. The van der Waals surface area contributed by atoms with Crippen LogP contribution in [0.4, 0.5) is 0 Å². The van der Waals surface area contributed by atoms with Gasteiger partial charge in [0.05, 0.1) is 11.5 Å². The number of aliphatic hydroxyl groups excluding tert-OH is 2. The monoisotopic (exact) mass is 236 g/mol. The highest BCUT2D eigenvalue weighted by atomic mass is 16.3. The Labute approximate surface area is 97.9 Å². The maximum atomic E-state index is 11.2. The Bertz CT molecular complexity index is 603. The standard InChI is InChI=1S/C12H16N2O3/c1-6-4-8(15)12-7(2-3-10(17)14-12)11(6)9(16)5-13/h2-3,6,9,15-16H,4-5,13H2,1H3,(H,14,17)/t6?,9-/m0/s1. The van der Waals surface area contributed by atoms with Gasteiger partial charge in [0.2, 0.25) is 5.56 Å². The van der Waals surface area contributed by atoms with E-state index in [1.165, 1.54) is 6.07 Å². The molecule has 0 amide bonds. The van der Waals surface area contributed by atoms with Gasteiger partial charge >= 0.3 is 0 Å². The van der Waals surface area contributed by atoms with Crippen LogP contribution in [0.15, 0.2) is 16.9 Å². The third kappa shape index (κ3) is 1.99. The first-order valence-electron chi connectivity index (χ1n) is 5.58. The number of nitrogens with two attached hydrogens (primary N) is 1. The van der Waals surface area contributed by atoms with E-state index in [-0.39, 0.29) is 23.8 Å². The van der Waals surface area contributed by atoms with Crippen LogP contribution in [0.3, 0.4) is 0 Å². The molecule has 5 N–H and O–H groups in total. The second kappa shape index (κ2) is 4.35. The molecule has 1 aliphatic carbocycles. The first-order chi connectivity index (χ1) is 8.04. The zero-order valence-electron chi connectivity index (χ0n) is 9.60. The Balaban J connectivity index is 2.86. The van der Waals surface area contributed by atoms with Crippen molar-refractivity contribution in [3.05, 3.63) is 33.1 Å². The smallest absolute Gasteiger partial charge is 0.248 e. The minimum Gasteiger partial charge on any atom is -0.510 e. The highest BCUT2D eigenvalue weighted by Gasteiger charge is 2.23. The number of aliphatic hydroxyl groups is 2. The molecule has 2 atom stereocenters. The molecule has 1 aliphatic rings. The number of hydrogen-bond donors (Lipinski definition) is 4. The lowest BCUT2D eigenvalue weighted by Gasteiger charge is -2.23. The van der Waals surface area contributed by atoms with Crippen LogP contribution in [-0.4, -0.2) is 27.8 Å². The second-order valence-electron chi connectivity index (χ2n) is 4.37. The van der Waals surface area contributed by atoms with Crippen LogP contribution in [0.5, 0.6) is 0 Å². The van der Waals surface area contributed by atoms with E-state index >= 15 is 0 Å². The van der Waals surface area contributed by atoms with Crippen LogP contribution in [0.25, 0.3) is 11.3 Å². The van der Waals surface area contributed by atoms with Gasteiger partial charge in [-0.2, -0.15) is 0 Å². The summed E-state index contributed by atoms with van der Waals surface area (Å²) in [5.41, 5.74) is 5.98. The summed E-state index contributed by atoms with van der Waals surface area (Å²) in [6, 6.07) is 3.00. The molecule has 1 unspecified atom stereocenters. The van der Waals surface area contributed by atoms with Crippen molar-refractivity contribution in [3.8, 4) is 0 Å². The van der Waals surface area contributed by atoms with E-state index in [1.807, 2.05) is 6.92 Å². The molecule has 1 heterocycles. The van der Waals surface area contributed by atoms with Gasteiger partial charge in [-0.05, 0) is 17.6 Å². The molecule has 0 fully saturated rings. The number of nitrogens with one attached hydrogen (secondary N) is 1. The maximum absolute atomic E-state index is 11.2. The molecule has 5 heteroatoms. The molecule has 5 nitrogen and oxygen atoms in total. The van der Waals surface area contributed by atoms with Crippen molar-refractivity contribution in [2.24, 2.45) is 11.7 Å². The summed E-state index contributed by atoms with van der Waals surface area (Å²) in [7, 11) is 0. The summed E-state index contributed by atoms with van der Waals surface area (Å²) in [5, 5.41) is 20.8. The molecule has 0 aromatic carbocycles. The van der Waals surface area contributed by atoms with Gasteiger partial charge in [0, 0.05) is 24.3 Å². The fraction of sp³-hybridized carbons (Fsp3) is 0.417. The van der Waals surface area contributed by atoms with Gasteiger partial charge in [-0.15, -0.1) is 0 Å². The average Bonchev–Trinajstić information content (AvgIpc) is 2.29. The number of aromatic amines is 1. The Morgan fingerprint density at radius 2 is 2.29 bits per heavy atom. The van der Waals surface area contributed by atoms with Crippen LogP contribution in [0.2, 0.25) is 0 Å². The minimum atomic E-state index is -0.747. The van der Waals surface area contributed by atoms with E-state index in [1.54, 1.807) is 6.07 Å². The quantitative estimate of drug-likeness (QED) is 0.505. The lowest BCUT2D eigenvalue weighted by atomic mass is 9.87.